The molecule has 2 heterocycles. The second kappa shape index (κ2) is 7.41. The predicted molar refractivity (Wildman–Crippen MR) is 74.1 cm³/mol. The van der Waals surface area contributed by atoms with E-state index in [4.69, 9.17) is 0 Å². The van der Waals surface area contributed by atoms with Crippen LogP contribution in [0.3, 0.4) is 0 Å². The largest absolute Gasteiger partial charge is 0.355 e. The molecule has 17 heavy (non-hydrogen) atoms. The first-order valence-electron chi connectivity index (χ1n) is 5.89. The minimum atomic E-state index is 0. The molecule has 0 radical (unpaired) electrons. The van der Waals surface area contributed by atoms with Gasteiger partial charge in [-0.2, -0.15) is 0 Å². The topological polar surface area (TPSA) is 53.2 Å². The van der Waals surface area contributed by atoms with Crippen LogP contribution in [0, 0.1) is 11.3 Å². The number of piperidine rings is 1. The lowest BCUT2D eigenvalue weighted by Crippen LogP contribution is -2.52. The van der Waals surface area contributed by atoms with E-state index in [1.54, 1.807) is 0 Å². The van der Waals surface area contributed by atoms with E-state index in [0.29, 0.717) is 5.41 Å². The van der Waals surface area contributed by atoms with Gasteiger partial charge in [0.25, 0.3) is 0 Å². The average Bonchev–Trinajstić information content (AvgIpc) is 2.14. The minimum Gasteiger partial charge on any atom is -0.355 e. The number of hydrogen-bond acceptors (Lipinski definition) is 3. The van der Waals surface area contributed by atoms with Crippen LogP contribution in [0.5, 0.6) is 0 Å². The van der Waals surface area contributed by atoms with E-state index in [2.05, 4.69) is 22.9 Å². The summed E-state index contributed by atoms with van der Waals surface area (Å²) in [5, 5.41) is 9.56. The maximum absolute atomic E-state index is 11.6. The zero-order valence-electron chi connectivity index (χ0n) is 10.3. The fourth-order valence-corrected chi connectivity index (χ4v) is 2.13. The minimum absolute atomic E-state index is 0. The van der Waals surface area contributed by atoms with Gasteiger partial charge in [-0.15, -0.1) is 24.8 Å². The van der Waals surface area contributed by atoms with Crippen LogP contribution >= 0.6 is 24.8 Å². The summed E-state index contributed by atoms with van der Waals surface area (Å²) in [6.45, 7) is 6.97. The van der Waals surface area contributed by atoms with Gasteiger partial charge in [0.1, 0.15) is 0 Å². The molecule has 0 aromatic carbocycles. The third-order valence-electron chi connectivity index (χ3n) is 3.65. The summed E-state index contributed by atoms with van der Waals surface area (Å²) in [5.41, 5.74) is 0.304. The quantitative estimate of drug-likeness (QED) is 0.709. The summed E-state index contributed by atoms with van der Waals surface area (Å²) in [4.78, 5) is 11.6. The molecular formula is C11H23Cl2N3O. The predicted octanol–water partition coefficient (Wildman–Crippen LogP) is 0.555. The van der Waals surface area contributed by atoms with E-state index in [0.717, 1.165) is 45.6 Å². The molecule has 0 bridgehead atoms. The smallest absolute Gasteiger partial charge is 0.225 e. The molecule has 0 aromatic heterocycles. The Balaban J connectivity index is 0.00000128. The van der Waals surface area contributed by atoms with Gasteiger partial charge in [0.15, 0.2) is 0 Å². The summed E-state index contributed by atoms with van der Waals surface area (Å²) < 4.78 is 0. The van der Waals surface area contributed by atoms with Crippen molar-refractivity contribution in [3.05, 3.63) is 0 Å². The number of hydrogen-bond donors (Lipinski definition) is 3. The molecule has 0 saturated carbocycles. The van der Waals surface area contributed by atoms with E-state index >= 15 is 0 Å². The Morgan fingerprint density at radius 3 is 2.29 bits per heavy atom. The maximum atomic E-state index is 11.6. The molecule has 2 saturated heterocycles. The first-order chi connectivity index (χ1) is 7.20. The van der Waals surface area contributed by atoms with Crippen molar-refractivity contribution in [2.75, 3.05) is 32.7 Å². The number of amides is 1. The van der Waals surface area contributed by atoms with Crippen LogP contribution < -0.4 is 16.0 Å². The van der Waals surface area contributed by atoms with Crippen molar-refractivity contribution in [2.24, 2.45) is 11.3 Å². The highest BCUT2D eigenvalue weighted by Crippen LogP contribution is 2.26. The molecule has 3 N–H and O–H groups in total. The van der Waals surface area contributed by atoms with Gasteiger partial charge in [0, 0.05) is 19.6 Å². The lowest BCUT2D eigenvalue weighted by molar-refractivity contribution is -0.127. The number of rotatable bonds is 3. The first-order valence-corrected chi connectivity index (χ1v) is 5.89. The standard InChI is InChI=1S/C11H21N3O.2ClH/c1-11(2-4-12-5-3-11)8-14-10(15)9-6-13-7-9;;/h9,12-13H,2-8H2,1H3,(H,14,15);2*1H. The van der Waals surface area contributed by atoms with Gasteiger partial charge < -0.3 is 16.0 Å². The van der Waals surface area contributed by atoms with Crippen LogP contribution in [0.15, 0.2) is 0 Å². The lowest BCUT2D eigenvalue weighted by atomic mass is 9.81. The van der Waals surface area contributed by atoms with Gasteiger partial charge in [-0.05, 0) is 31.3 Å². The fraction of sp³-hybridized carbons (Fsp3) is 0.909. The van der Waals surface area contributed by atoms with Crippen molar-refractivity contribution in [3.8, 4) is 0 Å². The number of nitrogens with one attached hydrogen (secondary N) is 3. The van der Waals surface area contributed by atoms with Gasteiger partial charge in [-0.3, -0.25) is 4.79 Å². The van der Waals surface area contributed by atoms with Crippen molar-refractivity contribution in [1.82, 2.24) is 16.0 Å². The Morgan fingerprint density at radius 1 is 1.24 bits per heavy atom. The molecular weight excluding hydrogens is 261 g/mol. The van der Waals surface area contributed by atoms with Crippen LogP contribution in [-0.4, -0.2) is 38.6 Å². The van der Waals surface area contributed by atoms with Crippen molar-refractivity contribution < 1.29 is 4.79 Å². The van der Waals surface area contributed by atoms with Crippen molar-refractivity contribution in [1.29, 1.82) is 0 Å². The Bertz CT molecular complexity index is 241. The van der Waals surface area contributed by atoms with Crippen LogP contribution in [0.2, 0.25) is 0 Å². The monoisotopic (exact) mass is 283 g/mol. The van der Waals surface area contributed by atoms with Gasteiger partial charge in [-0.1, -0.05) is 6.92 Å². The van der Waals surface area contributed by atoms with Gasteiger partial charge in [-0.25, -0.2) is 0 Å². The molecule has 0 aliphatic carbocycles. The van der Waals surface area contributed by atoms with Crippen molar-refractivity contribution >= 4 is 30.7 Å². The average molecular weight is 284 g/mol. The Labute approximate surface area is 115 Å². The third-order valence-corrected chi connectivity index (χ3v) is 3.65. The number of carbonyl (C=O) groups excluding carboxylic acids is 1. The van der Waals surface area contributed by atoms with Crippen LogP contribution in [0.25, 0.3) is 0 Å². The fourth-order valence-electron chi connectivity index (χ4n) is 2.13. The highest BCUT2D eigenvalue weighted by Gasteiger charge is 2.30. The molecule has 0 spiro atoms. The van der Waals surface area contributed by atoms with Crippen molar-refractivity contribution in [3.63, 3.8) is 0 Å². The molecule has 0 unspecified atom stereocenters. The summed E-state index contributed by atoms with van der Waals surface area (Å²) in [6.07, 6.45) is 2.33. The van der Waals surface area contributed by atoms with Crippen LogP contribution in [-0.2, 0) is 4.79 Å². The van der Waals surface area contributed by atoms with Gasteiger partial charge in [0.05, 0.1) is 5.92 Å². The molecule has 0 atom stereocenters. The Hall–Kier alpha value is -0.0300. The van der Waals surface area contributed by atoms with Crippen LogP contribution in [0.4, 0.5) is 0 Å². The summed E-state index contributed by atoms with van der Waals surface area (Å²) >= 11 is 0. The number of halogens is 2. The molecule has 1 amide bonds. The summed E-state index contributed by atoms with van der Waals surface area (Å²) in [5.74, 6) is 0.448. The first kappa shape index (κ1) is 17.0. The second-order valence-corrected chi connectivity index (χ2v) is 5.13. The van der Waals surface area contributed by atoms with E-state index in [-0.39, 0.29) is 36.6 Å². The van der Waals surface area contributed by atoms with E-state index in [1.165, 1.54) is 0 Å². The second-order valence-electron chi connectivity index (χ2n) is 5.13. The molecule has 4 nitrogen and oxygen atoms in total. The van der Waals surface area contributed by atoms with Crippen LogP contribution in [0.1, 0.15) is 19.8 Å². The molecule has 2 aliphatic rings. The molecule has 2 aliphatic heterocycles. The molecule has 6 heteroatoms. The highest BCUT2D eigenvalue weighted by molar-refractivity contribution is 5.85. The lowest BCUT2D eigenvalue weighted by Gasteiger charge is -2.35. The summed E-state index contributed by atoms with van der Waals surface area (Å²) in [7, 11) is 0. The van der Waals surface area contributed by atoms with Gasteiger partial charge >= 0.3 is 0 Å². The van der Waals surface area contributed by atoms with E-state index in [1.807, 2.05) is 0 Å². The molecule has 0 aromatic rings. The third kappa shape index (κ3) is 4.62. The van der Waals surface area contributed by atoms with Crippen molar-refractivity contribution in [2.45, 2.75) is 19.8 Å². The zero-order chi connectivity index (χ0) is 10.7. The Morgan fingerprint density at radius 2 is 1.82 bits per heavy atom. The normalized spacial score (nSPS) is 22.6. The zero-order valence-corrected chi connectivity index (χ0v) is 11.9. The maximum Gasteiger partial charge on any atom is 0.225 e. The van der Waals surface area contributed by atoms with E-state index in [9.17, 15) is 4.79 Å². The van der Waals surface area contributed by atoms with E-state index < -0.39 is 0 Å². The number of carbonyl (C=O) groups is 1. The highest BCUT2D eigenvalue weighted by atomic mass is 35.5. The Kier molecular flexibility index (Phi) is 7.40. The SMILES string of the molecule is CC1(CNC(=O)C2CNC2)CCNCC1.Cl.Cl. The molecule has 2 fully saturated rings. The molecule has 102 valence electrons. The molecule has 2 rings (SSSR count). The summed E-state index contributed by atoms with van der Waals surface area (Å²) in [6, 6.07) is 0. The van der Waals surface area contributed by atoms with Gasteiger partial charge in [0.2, 0.25) is 5.91 Å².